The Labute approximate surface area is 129 Å². The number of likely N-dealkylation sites (N-methyl/N-ethyl adjacent to an activating group) is 1. The zero-order valence-corrected chi connectivity index (χ0v) is 13.9. The normalized spacial score (nSPS) is 24.1. The van der Waals surface area contributed by atoms with Gasteiger partial charge in [-0.05, 0) is 44.6 Å². The van der Waals surface area contributed by atoms with Crippen LogP contribution in [0.1, 0.15) is 83.3 Å². The topological polar surface area (TPSA) is 51.0 Å². The van der Waals surface area contributed by atoms with E-state index in [1.807, 2.05) is 0 Å². The molecule has 0 spiro atoms. The molecule has 1 N–H and O–H groups in total. The maximum atomic E-state index is 5.49. The molecule has 1 aliphatic carbocycles. The van der Waals surface area contributed by atoms with Crippen molar-refractivity contribution in [2.45, 2.75) is 84.1 Å². The predicted octanol–water partition coefficient (Wildman–Crippen LogP) is 4.07. The maximum Gasteiger partial charge on any atom is 0.228 e. The number of nitrogens with zero attached hydrogens (tertiary/aromatic N) is 2. The maximum absolute atomic E-state index is 5.49. The third-order valence-corrected chi connectivity index (χ3v) is 4.82. The Hall–Kier alpha value is -0.900. The standard InChI is InChI=1S/C17H31N3O/c1-4-7-15(18-6-3)12-16-19-17(20-21-16)14-10-8-13(5-2)9-11-14/h13-15,18H,4-12H2,1-3H3. The molecule has 1 aromatic heterocycles. The van der Waals surface area contributed by atoms with E-state index >= 15 is 0 Å². The van der Waals surface area contributed by atoms with Gasteiger partial charge in [0.1, 0.15) is 0 Å². The highest BCUT2D eigenvalue weighted by molar-refractivity contribution is 4.98. The number of rotatable bonds is 8. The second kappa shape index (κ2) is 8.52. The van der Waals surface area contributed by atoms with E-state index in [0.717, 1.165) is 37.0 Å². The van der Waals surface area contributed by atoms with Crippen molar-refractivity contribution >= 4 is 0 Å². The van der Waals surface area contributed by atoms with Gasteiger partial charge in [-0.2, -0.15) is 4.98 Å². The molecule has 2 rings (SSSR count). The summed E-state index contributed by atoms with van der Waals surface area (Å²) in [5, 5.41) is 7.76. The third-order valence-electron chi connectivity index (χ3n) is 4.82. The van der Waals surface area contributed by atoms with Crippen LogP contribution in [0.3, 0.4) is 0 Å². The van der Waals surface area contributed by atoms with Crippen LogP contribution < -0.4 is 5.32 Å². The molecule has 0 amide bonds. The van der Waals surface area contributed by atoms with Crippen LogP contribution in [0.2, 0.25) is 0 Å². The number of aromatic nitrogens is 2. The van der Waals surface area contributed by atoms with Crippen LogP contribution in [-0.4, -0.2) is 22.7 Å². The van der Waals surface area contributed by atoms with Crippen molar-refractivity contribution in [2.75, 3.05) is 6.54 Å². The fourth-order valence-electron chi connectivity index (χ4n) is 3.47. The van der Waals surface area contributed by atoms with Crippen molar-refractivity contribution in [2.24, 2.45) is 5.92 Å². The van der Waals surface area contributed by atoms with E-state index in [4.69, 9.17) is 4.52 Å². The number of nitrogens with one attached hydrogen (secondary N) is 1. The monoisotopic (exact) mass is 293 g/mol. The third kappa shape index (κ3) is 4.80. The Morgan fingerprint density at radius 1 is 1.19 bits per heavy atom. The molecule has 1 fully saturated rings. The summed E-state index contributed by atoms with van der Waals surface area (Å²) in [7, 11) is 0. The predicted molar refractivity (Wildman–Crippen MR) is 85.4 cm³/mol. The molecular weight excluding hydrogens is 262 g/mol. The Kier molecular flexibility index (Phi) is 6.68. The van der Waals surface area contributed by atoms with Crippen LogP contribution in [0.5, 0.6) is 0 Å². The lowest BCUT2D eigenvalue weighted by Gasteiger charge is -2.25. The van der Waals surface area contributed by atoms with Crippen LogP contribution in [0.25, 0.3) is 0 Å². The number of hydrogen-bond acceptors (Lipinski definition) is 4. The average Bonchev–Trinajstić information content (AvgIpc) is 2.96. The molecule has 0 radical (unpaired) electrons. The van der Waals surface area contributed by atoms with Gasteiger partial charge in [0.2, 0.25) is 5.89 Å². The van der Waals surface area contributed by atoms with Crippen LogP contribution >= 0.6 is 0 Å². The summed E-state index contributed by atoms with van der Waals surface area (Å²) in [5.74, 6) is 3.19. The summed E-state index contributed by atoms with van der Waals surface area (Å²) in [4.78, 5) is 4.67. The second-order valence-corrected chi connectivity index (χ2v) is 6.42. The Morgan fingerprint density at radius 3 is 2.57 bits per heavy atom. The van der Waals surface area contributed by atoms with Crippen molar-refractivity contribution < 1.29 is 4.52 Å². The molecule has 0 aliphatic heterocycles. The highest BCUT2D eigenvalue weighted by Crippen LogP contribution is 2.35. The number of hydrogen-bond donors (Lipinski definition) is 1. The first-order valence-electron chi connectivity index (χ1n) is 8.82. The van der Waals surface area contributed by atoms with Crippen molar-refractivity contribution in [3.05, 3.63) is 11.7 Å². The van der Waals surface area contributed by atoms with Gasteiger partial charge in [0.05, 0.1) is 0 Å². The van der Waals surface area contributed by atoms with Gasteiger partial charge >= 0.3 is 0 Å². The van der Waals surface area contributed by atoms with E-state index in [1.165, 1.54) is 38.5 Å². The van der Waals surface area contributed by atoms with Crippen LogP contribution in [0.4, 0.5) is 0 Å². The quantitative estimate of drug-likeness (QED) is 0.785. The molecule has 1 saturated carbocycles. The molecular formula is C17H31N3O. The first-order valence-corrected chi connectivity index (χ1v) is 8.82. The highest BCUT2D eigenvalue weighted by atomic mass is 16.5. The van der Waals surface area contributed by atoms with E-state index in [2.05, 4.69) is 36.2 Å². The van der Waals surface area contributed by atoms with Crippen LogP contribution in [0, 0.1) is 5.92 Å². The molecule has 0 saturated heterocycles. The first-order chi connectivity index (χ1) is 10.3. The summed E-state index contributed by atoms with van der Waals surface area (Å²) in [5.41, 5.74) is 0. The fourth-order valence-corrected chi connectivity index (χ4v) is 3.47. The van der Waals surface area contributed by atoms with E-state index < -0.39 is 0 Å². The van der Waals surface area contributed by atoms with Gasteiger partial charge in [0, 0.05) is 18.4 Å². The molecule has 1 aliphatic rings. The lowest BCUT2D eigenvalue weighted by atomic mass is 9.80. The van der Waals surface area contributed by atoms with Gasteiger partial charge in [0.25, 0.3) is 0 Å². The highest BCUT2D eigenvalue weighted by Gasteiger charge is 2.25. The van der Waals surface area contributed by atoms with E-state index in [9.17, 15) is 0 Å². The minimum Gasteiger partial charge on any atom is -0.339 e. The van der Waals surface area contributed by atoms with Crippen molar-refractivity contribution in [1.82, 2.24) is 15.5 Å². The van der Waals surface area contributed by atoms with Gasteiger partial charge < -0.3 is 9.84 Å². The Morgan fingerprint density at radius 2 is 1.95 bits per heavy atom. The van der Waals surface area contributed by atoms with E-state index in [1.54, 1.807) is 0 Å². The molecule has 1 aromatic rings. The largest absolute Gasteiger partial charge is 0.339 e. The van der Waals surface area contributed by atoms with Crippen molar-refractivity contribution in [1.29, 1.82) is 0 Å². The Balaban J connectivity index is 1.88. The van der Waals surface area contributed by atoms with E-state index in [0.29, 0.717) is 12.0 Å². The zero-order chi connectivity index (χ0) is 15.1. The van der Waals surface area contributed by atoms with Gasteiger partial charge in [-0.1, -0.05) is 38.8 Å². The average molecular weight is 293 g/mol. The van der Waals surface area contributed by atoms with Gasteiger partial charge in [-0.25, -0.2) is 0 Å². The van der Waals surface area contributed by atoms with Crippen LogP contribution in [0.15, 0.2) is 4.52 Å². The molecule has 0 bridgehead atoms. The summed E-state index contributed by atoms with van der Waals surface area (Å²) in [6, 6.07) is 0.462. The summed E-state index contributed by atoms with van der Waals surface area (Å²) in [6.07, 6.45) is 9.60. The zero-order valence-electron chi connectivity index (χ0n) is 13.9. The molecule has 1 unspecified atom stereocenters. The molecule has 4 nitrogen and oxygen atoms in total. The first kappa shape index (κ1) is 16.5. The lowest BCUT2D eigenvalue weighted by Crippen LogP contribution is -2.30. The molecule has 1 atom stereocenters. The van der Waals surface area contributed by atoms with Gasteiger partial charge in [-0.15, -0.1) is 0 Å². The summed E-state index contributed by atoms with van der Waals surface area (Å²) >= 11 is 0. The van der Waals surface area contributed by atoms with Gasteiger partial charge in [0.15, 0.2) is 5.82 Å². The summed E-state index contributed by atoms with van der Waals surface area (Å²) in [6.45, 7) is 7.66. The van der Waals surface area contributed by atoms with Gasteiger partial charge in [-0.3, -0.25) is 0 Å². The van der Waals surface area contributed by atoms with Crippen LogP contribution in [-0.2, 0) is 6.42 Å². The van der Waals surface area contributed by atoms with Crippen molar-refractivity contribution in [3.8, 4) is 0 Å². The Bertz CT molecular complexity index is 390. The lowest BCUT2D eigenvalue weighted by molar-refractivity contribution is 0.301. The SMILES string of the molecule is CCCC(Cc1nc(C2CCC(CC)CC2)no1)NCC. The minimum absolute atomic E-state index is 0.462. The minimum atomic E-state index is 0.462. The molecule has 120 valence electrons. The molecule has 0 aromatic carbocycles. The van der Waals surface area contributed by atoms with E-state index in [-0.39, 0.29) is 0 Å². The molecule has 4 heteroatoms. The molecule has 21 heavy (non-hydrogen) atoms. The molecule has 1 heterocycles. The second-order valence-electron chi connectivity index (χ2n) is 6.42. The summed E-state index contributed by atoms with van der Waals surface area (Å²) < 4.78 is 5.49. The van der Waals surface area contributed by atoms with Crippen molar-refractivity contribution in [3.63, 3.8) is 0 Å². The fraction of sp³-hybridized carbons (Fsp3) is 0.882. The smallest absolute Gasteiger partial charge is 0.228 e.